The van der Waals surface area contributed by atoms with Crippen LogP contribution >= 0.6 is 23.2 Å². The van der Waals surface area contributed by atoms with Crippen molar-refractivity contribution in [1.82, 2.24) is 5.16 Å². The Balaban J connectivity index is 2.36. The molecule has 2 aromatic rings. The molecule has 1 atom stereocenters. The lowest BCUT2D eigenvalue weighted by Crippen LogP contribution is -1.99. The first-order chi connectivity index (χ1) is 8.67. The molecule has 2 rings (SSSR count). The molecule has 1 unspecified atom stereocenters. The molecular formula is C13H13Cl2NO2. The Hall–Kier alpha value is -1.03. The van der Waals surface area contributed by atoms with E-state index in [1.807, 2.05) is 19.1 Å². The molecule has 0 bridgehead atoms. The molecule has 5 heteroatoms. The minimum absolute atomic E-state index is 0.126. The van der Waals surface area contributed by atoms with Crippen molar-refractivity contribution in [3.63, 3.8) is 0 Å². The van der Waals surface area contributed by atoms with Crippen molar-refractivity contribution in [1.29, 1.82) is 0 Å². The van der Waals surface area contributed by atoms with Crippen molar-refractivity contribution in [3.8, 4) is 0 Å². The maximum absolute atomic E-state index is 9.38. The minimum Gasteiger partial charge on any atom is -0.391 e. The molecule has 1 N–H and O–H groups in total. The maximum Gasteiger partial charge on any atom is 0.142 e. The van der Waals surface area contributed by atoms with Crippen molar-refractivity contribution in [3.05, 3.63) is 51.9 Å². The summed E-state index contributed by atoms with van der Waals surface area (Å²) in [6.07, 6.45) is 0.674. The molecule has 0 fully saturated rings. The number of rotatable bonds is 4. The van der Waals surface area contributed by atoms with Gasteiger partial charge in [0.25, 0.3) is 0 Å². The zero-order valence-corrected chi connectivity index (χ0v) is 11.4. The third-order valence-electron chi connectivity index (χ3n) is 2.78. The normalized spacial score (nSPS) is 12.7. The van der Waals surface area contributed by atoms with E-state index >= 15 is 0 Å². The van der Waals surface area contributed by atoms with E-state index < -0.39 is 5.38 Å². The van der Waals surface area contributed by atoms with Crippen LogP contribution in [0.1, 0.15) is 34.9 Å². The van der Waals surface area contributed by atoms with Gasteiger partial charge in [-0.05, 0) is 17.7 Å². The van der Waals surface area contributed by atoms with E-state index in [9.17, 15) is 5.11 Å². The first-order valence-corrected chi connectivity index (χ1v) is 6.46. The summed E-state index contributed by atoms with van der Waals surface area (Å²) in [6, 6.07) is 7.21. The van der Waals surface area contributed by atoms with E-state index in [2.05, 4.69) is 5.16 Å². The summed E-state index contributed by atoms with van der Waals surface area (Å²) in [4.78, 5) is 0. The molecule has 0 spiro atoms. The van der Waals surface area contributed by atoms with Crippen LogP contribution in [-0.4, -0.2) is 10.3 Å². The number of alkyl halides is 1. The van der Waals surface area contributed by atoms with E-state index in [0.717, 1.165) is 5.56 Å². The standard InChI is InChI=1S/C13H13Cl2NO2/c1-2-11-10(7-17)13(16-18-11)12(15)8-3-5-9(14)6-4-8/h3-6,12,17H,2,7H2,1H3. The molecule has 0 saturated carbocycles. The number of hydrogen-bond donors (Lipinski definition) is 1. The number of aliphatic hydroxyl groups is 1. The molecule has 1 aromatic carbocycles. The van der Waals surface area contributed by atoms with Gasteiger partial charge in [0, 0.05) is 17.0 Å². The SMILES string of the molecule is CCc1onc(C(Cl)c2ccc(Cl)cc2)c1CO. The first-order valence-electron chi connectivity index (χ1n) is 5.65. The summed E-state index contributed by atoms with van der Waals surface area (Å²) >= 11 is 12.2. The molecule has 0 aliphatic heterocycles. The van der Waals surface area contributed by atoms with Crippen LogP contribution in [0.5, 0.6) is 0 Å². The number of aryl methyl sites for hydroxylation is 1. The van der Waals surface area contributed by atoms with Crippen LogP contribution < -0.4 is 0 Å². The molecule has 96 valence electrons. The van der Waals surface area contributed by atoms with Crippen molar-refractivity contribution in [2.75, 3.05) is 0 Å². The molecule has 1 aromatic heterocycles. The highest BCUT2D eigenvalue weighted by Gasteiger charge is 2.22. The Bertz CT molecular complexity index is 522. The van der Waals surface area contributed by atoms with Gasteiger partial charge >= 0.3 is 0 Å². The van der Waals surface area contributed by atoms with Gasteiger partial charge in [-0.1, -0.05) is 35.8 Å². The molecule has 1 heterocycles. The van der Waals surface area contributed by atoms with Gasteiger partial charge in [0.15, 0.2) is 0 Å². The van der Waals surface area contributed by atoms with Gasteiger partial charge in [0.1, 0.15) is 16.8 Å². The summed E-state index contributed by atoms with van der Waals surface area (Å²) in [5.41, 5.74) is 2.11. The van der Waals surface area contributed by atoms with Gasteiger partial charge in [-0.15, -0.1) is 11.6 Å². The lowest BCUT2D eigenvalue weighted by Gasteiger charge is -2.08. The number of hydrogen-bond acceptors (Lipinski definition) is 3. The summed E-state index contributed by atoms with van der Waals surface area (Å²) in [5.74, 6) is 0.673. The van der Waals surface area contributed by atoms with Crippen LogP contribution in [0.15, 0.2) is 28.8 Å². The zero-order chi connectivity index (χ0) is 13.1. The average Bonchev–Trinajstić information content (AvgIpc) is 2.81. The van der Waals surface area contributed by atoms with Crippen molar-refractivity contribution < 1.29 is 9.63 Å². The lowest BCUT2D eigenvalue weighted by molar-refractivity contribution is 0.276. The van der Waals surface area contributed by atoms with Gasteiger partial charge in [0.05, 0.1) is 6.61 Å². The third kappa shape index (κ3) is 2.53. The van der Waals surface area contributed by atoms with Crippen molar-refractivity contribution in [2.24, 2.45) is 0 Å². The van der Waals surface area contributed by atoms with Crippen molar-refractivity contribution >= 4 is 23.2 Å². The highest BCUT2D eigenvalue weighted by atomic mass is 35.5. The second kappa shape index (κ2) is 5.74. The van der Waals surface area contributed by atoms with Crippen LogP contribution in [0.4, 0.5) is 0 Å². The number of aromatic nitrogens is 1. The van der Waals surface area contributed by atoms with Crippen LogP contribution in [0.3, 0.4) is 0 Å². The van der Waals surface area contributed by atoms with Crippen LogP contribution in [0.2, 0.25) is 5.02 Å². The van der Waals surface area contributed by atoms with E-state index in [4.69, 9.17) is 27.7 Å². The highest BCUT2D eigenvalue weighted by molar-refractivity contribution is 6.30. The fourth-order valence-electron chi connectivity index (χ4n) is 1.79. The molecule has 3 nitrogen and oxygen atoms in total. The Morgan fingerprint density at radius 3 is 2.56 bits per heavy atom. The fourth-order valence-corrected chi connectivity index (χ4v) is 2.24. The summed E-state index contributed by atoms with van der Waals surface area (Å²) in [7, 11) is 0. The van der Waals surface area contributed by atoms with Gasteiger partial charge in [-0.25, -0.2) is 0 Å². The number of nitrogens with zero attached hydrogens (tertiary/aromatic N) is 1. The van der Waals surface area contributed by atoms with Gasteiger partial charge in [-0.3, -0.25) is 0 Å². The van der Waals surface area contributed by atoms with Gasteiger partial charge < -0.3 is 9.63 Å². The number of aliphatic hydroxyl groups excluding tert-OH is 1. The van der Waals surface area contributed by atoms with Crippen LogP contribution in [-0.2, 0) is 13.0 Å². The Kier molecular flexibility index (Phi) is 4.27. The van der Waals surface area contributed by atoms with Gasteiger partial charge in [-0.2, -0.15) is 0 Å². The zero-order valence-electron chi connectivity index (χ0n) is 9.86. The second-order valence-corrected chi connectivity index (χ2v) is 4.77. The average molecular weight is 286 g/mol. The van der Waals surface area contributed by atoms with Crippen LogP contribution in [0.25, 0.3) is 0 Å². The molecule has 0 saturated heterocycles. The summed E-state index contributed by atoms with van der Waals surface area (Å²) in [5, 5.41) is 13.5. The number of halogens is 2. The largest absolute Gasteiger partial charge is 0.391 e. The topological polar surface area (TPSA) is 46.3 Å². The monoisotopic (exact) mass is 285 g/mol. The first kappa shape index (κ1) is 13.4. The molecule has 0 aliphatic carbocycles. The molecule has 18 heavy (non-hydrogen) atoms. The van der Waals surface area contributed by atoms with E-state index in [-0.39, 0.29) is 6.61 Å². The van der Waals surface area contributed by atoms with Gasteiger partial charge in [0.2, 0.25) is 0 Å². The second-order valence-electron chi connectivity index (χ2n) is 3.90. The summed E-state index contributed by atoms with van der Waals surface area (Å²) in [6.45, 7) is 1.81. The van der Waals surface area contributed by atoms with E-state index in [1.54, 1.807) is 12.1 Å². The molecule has 0 aliphatic rings. The molecule has 0 radical (unpaired) electrons. The Labute approximate surface area is 115 Å². The van der Waals surface area contributed by atoms with Crippen LogP contribution in [0, 0.1) is 0 Å². The Morgan fingerprint density at radius 1 is 1.33 bits per heavy atom. The molecular weight excluding hydrogens is 273 g/mol. The smallest absolute Gasteiger partial charge is 0.142 e. The number of benzene rings is 1. The predicted molar refractivity (Wildman–Crippen MR) is 71.0 cm³/mol. The lowest BCUT2D eigenvalue weighted by atomic mass is 10.0. The van der Waals surface area contributed by atoms with E-state index in [0.29, 0.717) is 28.5 Å². The summed E-state index contributed by atoms with van der Waals surface area (Å²) < 4.78 is 5.18. The molecule has 0 amide bonds. The fraction of sp³-hybridized carbons (Fsp3) is 0.308. The highest BCUT2D eigenvalue weighted by Crippen LogP contribution is 2.32. The third-order valence-corrected chi connectivity index (χ3v) is 3.49. The Morgan fingerprint density at radius 2 is 2.00 bits per heavy atom. The quantitative estimate of drug-likeness (QED) is 0.871. The van der Waals surface area contributed by atoms with E-state index in [1.165, 1.54) is 0 Å². The van der Waals surface area contributed by atoms with Crippen molar-refractivity contribution in [2.45, 2.75) is 25.3 Å². The maximum atomic E-state index is 9.38. The predicted octanol–water partition coefficient (Wildman–Crippen LogP) is 3.71. The minimum atomic E-state index is -0.450.